The quantitative estimate of drug-likeness (QED) is 0.357. The van der Waals surface area contributed by atoms with Crippen LogP contribution in [0.3, 0.4) is 0 Å². The third kappa shape index (κ3) is 1.54. The summed E-state index contributed by atoms with van der Waals surface area (Å²) in [5.74, 6) is -1.26. The third-order valence-electron chi connectivity index (χ3n) is 1.89. The van der Waals surface area contributed by atoms with E-state index in [1.54, 1.807) is 0 Å². The van der Waals surface area contributed by atoms with Crippen LogP contribution in [0.5, 0.6) is 0 Å². The highest BCUT2D eigenvalue weighted by atomic mass is 16.3. The molecule has 0 aliphatic carbocycles. The second kappa shape index (κ2) is 3.08. The van der Waals surface area contributed by atoms with E-state index in [4.69, 9.17) is 11.5 Å². The predicted octanol–water partition coefficient (Wildman–Crippen LogP) is -2.95. The molecule has 6 nitrogen and oxygen atoms in total. The van der Waals surface area contributed by atoms with E-state index in [0.717, 1.165) is 0 Å². The Labute approximate surface area is 68.9 Å². The van der Waals surface area contributed by atoms with Gasteiger partial charge in [0.2, 0.25) is 11.8 Å². The van der Waals surface area contributed by atoms with E-state index in [1.165, 1.54) is 0 Å². The van der Waals surface area contributed by atoms with Gasteiger partial charge in [-0.05, 0) is 6.42 Å². The van der Waals surface area contributed by atoms with E-state index in [-0.39, 0.29) is 6.42 Å². The number of aliphatic hydroxyl groups excluding tert-OH is 1. The lowest BCUT2D eigenvalue weighted by Crippen LogP contribution is -2.47. The minimum atomic E-state index is -0.917. The Morgan fingerprint density at radius 1 is 1.33 bits per heavy atom. The maximum Gasteiger partial charge on any atom is 0.237 e. The summed E-state index contributed by atoms with van der Waals surface area (Å²) in [6.45, 7) is 0. The Hall–Kier alpha value is -1.14. The largest absolute Gasteiger partial charge is 0.391 e. The molecule has 6 heteroatoms. The first-order valence-corrected chi connectivity index (χ1v) is 3.55. The molecule has 12 heavy (non-hydrogen) atoms. The lowest BCUT2D eigenvalue weighted by Gasteiger charge is -2.09. The maximum atomic E-state index is 10.6. The second-order valence-electron chi connectivity index (χ2n) is 2.80. The summed E-state index contributed by atoms with van der Waals surface area (Å²) in [6.07, 6.45) is -0.775. The second-order valence-corrected chi connectivity index (χ2v) is 2.80. The van der Waals surface area contributed by atoms with Gasteiger partial charge in [-0.3, -0.25) is 14.9 Å². The number of nitrogens with one attached hydrogen (secondary N) is 1. The molecule has 3 unspecified atom stereocenters. The highest BCUT2D eigenvalue weighted by molar-refractivity contribution is 5.85. The molecule has 0 radical (unpaired) electrons. The number of carbonyl (C=O) groups excluding carboxylic acids is 2. The van der Waals surface area contributed by atoms with Crippen LogP contribution in [-0.4, -0.2) is 35.1 Å². The molecule has 0 bridgehead atoms. The van der Waals surface area contributed by atoms with E-state index < -0.39 is 30.0 Å². The zero-order chi connectivity index (χ0) is 9.30. The van der Waals surface area contributed by atoms with Crippen molar-refractivity contribution in [3.05, 3.63) is 0 Å². The fraction of sp³-hybridized carbons (Fsp3) is 0.667. The molecule has 1 saturated heterocycles. The highest BCUT2D eigenvalue weighted by Crippen LogP contribution is 2.12. The van der Waals surface area contributed by atoms with Crippen molar-refractivity contribution in [1.82, 2.24) is 5.32 Å². The SMILES string of the molecule is NC(=O)C1CC(O)C(C(N)=O)N1. The fourth-order valence-corrected chi connectivity index (χ4v) is 1.24. The van der Waals surface area contributed by atoms with Gasteiger partial charge in [0.25, 0.3) is 0 Å². The zero-order valence-corrected chi connectivity index (χ0v) is 6.36. The molecule has 1 aliphatic rings. The van der Waals surface area contributed by atoms with Crippen LogP contribution in [0.2, 0.25) is 0 Å². The summed E-state index contributed by atoms with van der Waals surface area (Å²) < 4.78 is 0. The number of hydrogen-bond acceptors (Lipinski definition) is 4. The Balaban J connectivity index is 2.62. The van der Waals surface area contributed by atoms with Gasteiger partial charge in [-0.1, -0.05) is 0 Å². The van der Waals surface area contributed by atoms with E-state index in [2.05, 4.69) is 5.32 Å². The minimum absolute atomic E-state index is 0.142. The number of aliphatic hydroxyl groups is 1. The Morgan fingerprint density at radius 2 is 1.92 bits per heavy atom. The summed E-state index contributed by atoms with van der Waals surface area (Å²) in [5.41, 5.74) is 9.89. The van der Waals surface area contributed by atoms with Crippen LogP contribution in [0.25, 0.3) is 0 Å². The summed E-state index contributed by atoms with van der Waals surface area (Å²) >= 11 is 0. The zero-order valence-electron chi connectivity index (χ0n) is 6.36. The number of hydrogen-bond donors (Lipinski definition) is 4. The number of carbonyl (C=O) groups is 2. The first-order valence-electron chi connectivity index (χ1n) is 3.55. The topological polar surface area (TPSA) is 118 Å². The van der Waals surface area contributed by atoms with Gasteiger partial charge >= 0.3 is 0 Å². The summed E-state index contributed by atoms with van der Waals surface area (Å²) in [5, 5.41) is 11.7. The van der Waals surface area contributed by atoms with Gasteiger partial charge < -0.3 is 16.6 Å². The summed E-state index contributed by atoms with van der Waals surface area (Å²) in [6, 6.07) is -1.51. The smallest absolute Gasteiger partial charge is 0.237 e. The van der Waals surface area contributed by atoms with E-state index in [1.807, 2.05) is 0 Å². The van der Waals surface area contributed by atoms with Gasteiger partial charge in [-0.2, -0.15) is 0 Å². The molecule has 68 valence electrons. The monoisotopic (exact) mass is 173 g/mol. The number of nitrogens with two attached hydrogens (primary N) is 2. The molecule has 0 aromatic heterocycles. The van der Waals surface area contributed by atoms with Crippen molar-refractivity contribution < 1.29 is 14.7 Å². The molecule has 0 spiro atoms. The van der Waals surface area contributed by atoms with Gasteiger partial charge in [0.15, 0.2) is 0 Å². The van der Waals surface area contributed by atoms with Gasteiger partial charge in [0.05, 0.1) is 12.1 Å². The molecule has 1 heterocycles. The van der Waals surface area contributed by atoms with Gasteiger partial charge in [0.1, 0.15) is 6.04 Å². The van der Waals surface area contributed by atoms with Crippen LogP contribution in [0.15, 0.2) is 0 Å². The molecule has 0 saturated carbocycles. The van der Waals surface area contributed by atoms with Crippen LogP contribution < -0.4 is 16.8 Å². The number of rotatable bonds is 2. The molecule has 0 aromatic carbocycles. The van der Waals surface area contributed by atoms with Crippen LogP contribution in [0, 0.1) is 0 Å². The Kier molecular flexibility index (Phi) is 2.30. The highest BCUT2D eigenvalue weighted by Gasteiger charge is 2.38. The van der Waals surface area contributed by atoms with Crippen molar-refractivity contribution in [1.29, 1.82) is 0 Å². The van der Waals surface area contributed by atoms with Crippen molar-refractivity contribution >= 4 is 11.8 Å². The minimum Gasteiger partial charge on any atom is -0.391 e. The van der Waals surface area contributed by atoms with Crippen molar-refractivity contribution in [2.24, 2.45) is 11.5 Å². The van der Waals surface area contributed by atoms with Gasteiger partial charge in [-0.25, -0.2) is 0 Å². The van der Waals surface area contributed by atoms with Crippen LogP contribution >= 0.6 is 0 Å². The lowest BCUT2D eigenvalue weighted by molar-refractivity contribution is -0.121. The third-order valence-corrected chi connectivity index (χ3v) is 1.89. The molecule has 0 aromatic rings. The lowest BCUT2D eigenvalue weighted by atomic mass is 10.1. The average molecular weight is 173 g/mol. The molecule has 1 aliphatic heterocycles. The van der Waals surface area contributed by atoms with Crippen molar-refractivity contribution in [3.8, 4) is 0 Å². The normalized spacial score (nSPS) is 34.9. The number of primary amides is 2. The Morgan fingerprint density at radius 3 is 2.17 bits per heavy atom. The van der Waals surface area contributed by atoms with E-state index in [9.17, 15) is 14.7 Å². The molecule has 6 N–H and O–H groups in total. The van der Waals surface area contributed by atoms with Crippen LogP contribution in [-0.2, 0) is 9.59 Å². The summed E-state index contributed by atoms with van der Waals surface area (Å²) in [7, 11) is 0. The Bertz CT molecular complexity index is 218. The standard InChI is InChI=1S/C6H11N3O3/c7-5(11)2-1-3(10)4(9-2)6(8)12/h2-4,9-10H,1H2,(H2,7,11)(H2,8,12). The first-order chi connectivity index (χ1) is 5.52. The van der Waals surface area contributed by atoms with Gasteiger partial charge in [0, 0.05) is 0 Å². The number of amides is 2. The summed E-state index contributed by atoms with van der Waals surface area (Å²) in [4.78, 5) is 21.2. The molecule has 1 rings (SSSR count). The molecule has 2 amide bonds. The molecule has 3 atom stereocenters. The van der Waals surface area contributed by atoms with Crippen LogP contribution in [0.4, 0.5) is 0 Å². The fourth-order valence-electron chi connectivity index (χ4n) is 1.24. The average Bonchev–Trinajstić information content (AvgIpc) is 2.30. The van der Waals surface area contributed by atoms with E-state index in [0.29, 0.717) is 0 Å². The molecule has 1 fully saturated rings. The van der Waals surface area contributed by atoms with Crippen molar-refractivity contribution in [2.45, 2.75) is 24.6 Å². The molecular formula is C6H11N3O3. The maximum absolute atomic E-state index is 10.6. The predicted molar refractivity (Wildman–Crippen MR) is 39.7 cm³/mol. The van der Waals surface area contributed by atoms with Crippen molar-refractivity contribution in [2.75, 3.05) is 0 Å². The van der Waals surface area contributed by atoms with E-state index >= 15 is 0 Å². The molecular weight excluding hydrogens is 162 g/mol. The first kappa shape index (κ1) is 8.95. The van der Waals surface area contributed by atoms with Crippen LogP contribution in [0.1, 0.15) is 6.42 Å². The van der Waals surface area contributed by atoms with Gasteiger partial charge in [-0.15, -0.1) is 0 Å². The van der Waals surface area contributed by atoms with Crippen molar-refractivity contribution in [3.63, 3.8) is 0 Å².